The minimum atomic E-state index is -2.33. The number of hydrogen-bond donors (Lipinski definition) is 0. The molecule has 4 aromatic carbocycles. The molecule has 0 fully saturated rings. The summed E-state index contributed by atoms with van der Waals surface area (Å²) in [6, 6.07) is 12.7. The molecule has 0 nitrogen and oxygen atoms in total. The molecule has 0 spiro atoms. The molecule has 0 saturated heterocycles. The Labute approximate surface area is 258 Å². The Balaban J connectivity index is 0.00000212. The second-order valence-corrected chi connectivity index (χ2v) is 11.7. The molecule has 6 rings (SSSR count). The maximum atomic E-state index is 15.0. The van der Waals surface area contributed by atoms with Crippen LogP contribution in [0, 0.1) is 58.2 Å². The maximum absolute atomic E-state index is 15.0. The number of fused-ring (bicyclic) bond motifs is 2. The first-order valence-corrected chi connectivity index (χ1v) is 13.7. The predicted molar refractivity (Wildman–Crippen MR) is 127 cm³/mol. The largest absolute Gasteiger partial charge is 1.00 e. The minimum absolute atomic E-state index is 0. The summed E-state index contributed by atoms with van der Waals surface area (Å²) in [4.78, 5) is 0. The van der Waals surface area contributed by atoms with Crippen LogP contribution >= 0.6 is 0 Å². The van der Waals surface area contributed by atoms with Crippen molar-refractivity contribution in [3.05, 3.63) is 140 Å². The van der Waals surface area contributed by atoms with Crippen molar-refractivity contribution in [3.63, 3.8) is 0 Å². The molecule has 0 N–H and O–H groups in total. The molecule has 4 aromatic rings. The van der Waals surface area contributed by atoms with Crippen LogP contribution < -0.4 is 24.8 Å². The van der Waals surface area contributed by atoms with E-state index in [9.17, 15) is 26.3 Å². The SMILES string of the molecule is Fc1c(F)c(F)c(C2=Cc3ccccc3[CH]2[Ti+2][CH]2C(c3c(F)c(F)c(F)c(F)c3F)=Cc3ccccc32)c(F)c1F.[Cl-].[Cl-]. The first-order valence-electron chi connectivity index (χ1n) is 11.9. The van der Waals surface area contributed by atoms with Gasteiger partial charge in [-0.3, -0.25) is 0 Å². The van der Waals surface area contributed by atoms with E-state index in [4.69, 9.17) is 0 Å². The molecule has 2 unspecified atom stereocenters. The zero-order chi connectivity index (χ0) is 29.3. The molecule has 0 saturated carbocycles. The number of hydrogen-bond acceptors (Lipinski definition) is 0. The Morgan fingerprint density at radius 2 is 0.674 bits per heavy atom. The van der Waals surface area contributed by atoms with Gasteiger partial charge in [0.25, 0.3) is 0 Å². The van der Waals surface area contributed by atoms with Crippen molar-refractivity contribution in [2.45, 2.75) is 8.45 Å². The fourth-order valence-electron chi connectivity index (χ4n) is 5.32. The monoisotopic (exact) mass is 680 g/mol. The summed E-state index contributed by atoms with van der Waals surface area (Å²) in [7, 11) is 0. The van der Waals surface area contributed by atoms with Gasteiger partial charge in [-0.2, -0.15) is 0 Å². The van der Waals surface area contributed by atoms with Crippen LogP contribution in [0.15, 0.2) is 48.5 Å². The quantitative estimate of drug-likeness (QED) is 0.135. The van der Waals surface area contributed by atoms with Crippen LogP contribution in [0.5, 0.6) is 0 Å². The topological polar surface area (TPSA) is 0 Å². The zero-order valence-corrected chi connectivity index (χ0v) is 24.0. The van der Waals surface area contributed by atoms with Crippen molar-refractivity contribution in [1.82, 2.24) is 0 Å². The summed E-state index contributed by atoms with van der Waals surface area (Å²) in [6.07, 6.45) is 2.56. The van der Waals surface area contributed by atoms with E-state index in [-0.39, 0.29) is 36.0 Å². The van der Waals surface area contributed by atoms with Gasteiger partial charge in [-0.25, -0.2) is 0 Å². The van der Waals surface area contributed by atoms with Crippen LogP contribution in [0.3, 0.4) is 0 Å². The Hall–Kier alpha value is -3.05. The predicted octanol–water partition coefficient (Wildman–Crippen LogP) is 3.06. The molecule has 2 aliphatic rings. The second-order valence-electron chi connectivity index (χ2n) is 9.38. The van der Waals surface area contributed by atoms with E-state index in [2.05, 4.69) is 0 Å². The Morgan fingerprint density at radius 3 is 1.00 bits per heavy atom. The number of halogens is 12. The van der Waals surface area contributed by atoms with E-state index in [1.807, 2.05) is 0 Å². The number of benzene rings is 4. The average molecular weight is 681 g/mol. The molecular formula is C30H12Cl2F10Ti. The van der Waals surface area contributed by atoms with Gasteiger partial charge in [0.1, 0.15) is 0 Å². The summed E-state index contributed by atoms with van der Waals surface area (Å²) in [5, 5.41) is 0. The van der Waals surface area contributed by atoms with Crippen molar-refractivity contribution in [3.8, 4) is 0 Å². The van der Waals surface area contributed by atoms with E-state index in [0.717, 1.165) is 0 Å². The van der Waals surface area contributed by atoms with E-state index in [0.29, 0.717) is 22.3 Å². The van der Waals surface area contributed by atoms with Crippen LogP contribution in [0.4, 0.5) is 43.9 Å². The van der Waals surface area contributed by atoms with Crippen LogP contribution in [0.25, 0.3) is 23.3 Å². The van der Waals surface area contributed by atoms with Gasteiger partial charge in [-0.1, -0.05) is 0 Å². The molecule has 0 radical (unpaired) electrons. The Bertz CT molecular complexity index is 1660. The molecule has 13 heteroatoms. The van der Waals surface area contributed by atoms with Gasteiger partial charge in [-0.05, 0) is 0 Å². The fraction of sp³-hybridized carbons (Fsp3) is 0.0667. The summed E-state index contributed by atoms with van der Waals surface area (Å²) in [5.74, 6) is -21.4. The van der Waals surface area contributed by atoms with E-state index in [1.54, 1.807) is 48.5 Å². The van der Waals surface area contributed by atoms with Crippen LogP contribution in [-0.4, -0.2) is 0 Å². The summed E-state index contributed by atoms with van der Waals surface area (Å²) >= 11 is -1.87. The summed E-state index contributed by atoms with van der Waals surface area (Å²) in [6.45, 7) is 0. The zero-order valence-electron chi connectivity index (χ0n) is 21.0. The van der Waals surface area contributed by atoms with Crippen molar-refractivity contribution < 1.29 is 87.9 Å². The molecule has 0 aromatic heterocycles. The van der Waals surface area contributed by atoms with Gasteiger partial charge < -0.3 is 24.8 Å². The van der Waals surface area contributed by atoms with Gasteiger partial charge in [0.05, 0.1) is 0 Å². The molecular weight excluding hydrogens is 669 g/mol. The molecule has 0 aliphatic heterocycles. The first kappa shape index (κ1) is 32.9. The third-order valence-corrected chi connectivity index (χ3v) is 10.2. The van der Waals surface area contributed by atoms with Crippen LogP contribution in [0.1, 0.15) is 41.8 Å². The fourth-order valence-corrected chi connectivity index (χ4v) is 8.50. The van der Waals surface area contributed by atoms with E-state index >= 15 is 17.6 Å². The van der Waals surface area contributed by atoms with Gasteiger partial charge in [0, 0.05) is 0 Å². The third-order valence-electron chi connectivity index (χ3n) is 7.19. The average Bonchev–Trinajstić information content (AvgIpc) is 3.51. The van der Waals surface area contributed by atoms with Crippen molar-refractivity contribution in [2.75, 3.05) is 0 Å². The van der Waals surface area contributed by atoms with Gasteiger partial charge >= 0.3 is 235 Å². The molecule has 0 amide bonds. The summed E-state index contributed by atoms with van der Waals surface area (Å²) < 4.78 is 143. The number of allylic oxidation sites excluding steroid dienone is 2. The van der Waals surface area contributed by atoms with Crippen LogP contribution in [-0.2, 0) is 19.2 Å². The third kappa shape index (κ3) is 5.02. The minimum Gasteiger partial charge on any atom is -1.00 e. The van der Waals surface area contributed by atoms with E-state index in [1.165, 1.54) is 12.2 Å². The van der Waals surface area contributed by atoms with Gasteiger partial charge in [0.15, 0.2) is 0 Å². The van der Waals surface area contributed by atoms with Crippen LogP contribution in [0.2, 0.25) is 0 Å². The smallest absolute Gasteiger partial charge is 1.00 e. The molecule has 220 valence electrons. The molecule has 0 heterocycles. The molecule has 2 aliphatic carbocycles. The van der Waals surface area contributed by atoms with E-state index < -0.39 is 96.9 Å². The van der Waals surface area contributed by atoms with Crippen molar-refractivity contribution in [2.24, 2.45) is 0 Å². The Kier molecular flexibility index (Phi) is 9.29. The van der Waals surface area contributed by atoms with Gasteiger partial charge in [0.2, 0.25) is 0 Å². The van der Waals surface area contributed by atoms with Crippen molar-refractivity contribution in [1.29, 1.82) is 0 Å². The first-order chi connectivity index (χ1) is 19.5. The van der Waals surface area contributed by atoms with Gasteiger partial charge in [-0.15, -0.1) is 0 Å². The molecule has 2 atom stereocenters. The normalized spacial score (nSPS) is 16.4. The molecule has 0 bridgehead atoms. The molecule has 43 heavy (non-hydrogen) atoms. The number of rotatable bonds is 4. The van der Waals surface area contributed by atoms with Crippen molar-refractivity contribution >= 4 is 23.3 Å². The Morgan fingerprint density at radius 1 is 0.395 bits per heavy atom. The summed E-state index contributed by atoms with van der Waals surface area (Å²) in [5.41, 5.74) is -0.972. The maximum Gasteiger partial charge on any atom is -1.00 e. The standard InChI is InChI=1S/2C15H6F5.2ClH.Ti/c2*16-11-10(12(17)14(19)15(20)13(11)18)9-5-7-3-1-2-4-8(7)6-9;;;/h2*1-6H;2*1H;/q;;;;+2/p-2. The second kappa shape index (κ2) is 12.2.